The molecule has 0 amide bonds. The number of hydrogen-bond donors (Lipinski definition) is 0. The van der Waals surface area contributed by atoms with E-state index in [1.165, 1.54) is 24.3 Å². The van der Waals surface area contributed by atoms with Crippen LogP contribution in [0, 0.1) is 25.8 Å². The van der Waals surface area contributed by atoms with Gasteiger partial charge in [-0.15, -0.1) is 3.71 Å². The molecule has 33 heavy (non-hydrogen) atoms. The maximum Gasteiger partial charge on any atom is 0.284 e. The first-order valence-corrected chi connectivity index (χ1v) is 13.0. The number of aryl methyl sites for hydroxylation is 2. The quantitative estimate of drug-likeness (QED) is 0.313. The Bertz CT molecular complexity index is 1510. The summed E-state index contributed by atoms with van der Waals surface area (Å²) in [6.45, 7) is 3.63. The van der Waals surface area contributed by atoms with Gasteiger partial charge in [0.2, 0.25) is 0 Å². The van der Waals surface area contributed by atoms with Crippen molar-refractivity contribution in [2.45, 2.75) is 23.6 Å². The lowest BCUT2D eigenvalue weighted by molar-refractivity contribution is 0.542. The highest BCUT2D eigenvalue weighted by Gasteiger charge is 2.34. The largest absolute Gasteiger partial charge is 0.284 e. The molecule has 0 heterocycles. The summed E-state index contributed by atoms with van der Waals surface area (Å²) in [4.78, 5) is -0.313. The predicted molar refractivity (Wildman–Crippen MR) is 129 cm³/mol. The fraction of sp³-hybridized carbons (Fsp3) is 0.0769. The van der Waals surface area contributed by atoms with E-state index >= 15 is 0 Å². The molecule has 0 aliphatic carbocycles. The topological polar surface area (TPSA) is 71.5 Å². The molecule has 0 saturated heterocycles. The fourth-order valence-electron chi connectivity index (χ4n) is 3.30. The summed E-state index contributed by atoms with van der Waals surface area (Å²) in [5.41, 5.74) is 2.23. The third-order valence-electron chi connectivity index (χ3n) is 5.15. The van der Waals surface area contributed by atoms with Gasteiger partial charge in [-0.25, -0.2) is 0 Å². The standard InChI is InChI=1S/C26H21NO4S2/c1-20-10-14-24(15-11-20)32(28,29)27(33(30,31)25-16-12-21(2)13-17-25)19-18-23-8-5-7-22-6-3-4-9-26(22)23/h3-17H,1-2H3. The van der Waals surface area contributed by atoms with E-state index in [0.717, 1.165) is 21.9 Å². The van der Waals surface area contributed by atoms with Crippen molar-refractivity contribution in [2.24, 2.45) is 0 Å². The molecule has 0 bridgehead atoms. The normalized spacial score (nSPS) is 11.6. The molecule has 0 aliphatic heterocycles. The average molecular weight is 476 g/mol. The molecule has 0 aromatic heterocycles. The molecule has 4 aromatic carbocycles. The van der Waals surface area contributed by atoms with E-state index in [-0.39, 0.29) is 13.5 Å². The molecule has 0 atom stereocenters. The first kappa shape index (κ1) is 22.6. The zero-order chi connectivity index (χ0) is 23.6. The van der Waals surface area contributed by atoms with Gasteiger partial charge in [-0.2, -0.15) is 16.8 Å². The van der Waals surface area contributed by atoms with Crippen LogP contribution >= 0.6 is 0 Å². The van der Waals surface area contributed by atoms with E-state index in [9.17, 15) is 16.8 Å². The molecule has 7 heteroatoms. The second-order valence-electron chi connectivity index (χ2n) is 7.60. The zero-order valence-corrected chi connectivity index (χ0v) is 19.7. The second kappa shape index (κ2) is 8.74. The summed E-state index contributed by atoms with van der Waals surface area (Å²) >= 11 is 0. The van der Waals surface area contributed by atoms with Crippen molar-refractivity contribution in [2.75, 3.05) is 0 Å². The molecule has 0 aliphatic rings. The smallest absolute Gasteiger partial charge is 0.199 e. The van der Waals surface area contributed by atoms with E-state index in [0.29, 0.717) is 5.56 Å². The summed E-state index contributed by atoms with van der Waals surface area (Å²) in [5.74, 6) is 2.78. The van der Waals surface area contributed by atoms with Crippen LogP contribution in [0.3, 0.4) is 0 Å². The Kier molecular flexibility index (Phi) is 5.98. The van der Waals surface area contributed by atoms with Gasteiger partial charge in [0.25, 0.3) is 20.0 Å². The van der Waals surface area contributed by atoms with Gasteiger partial charge < -0.3 is 0 Å². The third-order valence-corrected chi connectivity index (χ3v) is 9.11. The first-order chi connectivity index (χ1) is 15.7. The molecular formula is C26H21NO4S2. The molecule has 4 rings (SSSR count). The van der Waals surface area contributed by atoms with Crippen LogP contribution in [0.4, 0.5) is 0 Å². The molecule has 5 nitrogen and oxygen atoms in total. The third kappa shape index (κ3) is 4.49. The predicted octanol–water partition coefficient (Wildman–Crippen LogP) is 4.85. The van der Waals surface area contributed by atoms with Crippen LogP contribution in [0.15, 0.2) is 101 Å². The number of nitrogens with zero attached hydrogens (tertiary/aromatic N) is 1. The van der Waals surface area contributed by atoms with Crippen LogP contribution in [-0.4, -0.2) is 20.5 Å². The Morgan fingerprint density at radius 2 is 1.09 bits per heavy atom. The fourth-order valence-corrected chi connectivity index (χ4v) is 6.53. The van der Waals surface area contributed by atoms with Crippen molar-refractivity contribution >= 4 is 30.8 Å². The van der Waals surface area contributed by atoms with E-state index in [2.05, 4.69) is 12.0 Å². The van der Waals surface area contributed by atoms with Gasteiger partial charge in [-0.05, 0) is 60.9 Å². The molecule has 166 valence electrons. The van der Waals surface area contributed by atoms with Crippen molar-refractivity contribution in [3.05, 3.63) is 108 Å². The van der Waals surface area contributed by atoms with E-state index in [1.54, 1.807) is 36.4 Å². The number of hydrogen-bond acceptors (Lipinski definition) is 4. The van der Waals surface area contributed by atoms with Crippen LogP contribution < -0.4 is 0 Å². The maximum absolute atomic E-state index is 13.5. The summed E-state index contributed by atoms with van der Waals surface area (Å²) in [7, 11) is -8.97. The van der Waals surface area contributed by atoms with Gasteiger partial charge in [0.05, 0.1) is 9.79 Å². The van der Waals surface area contributed by atoms with Gasteiger partial charge in [0.1, 0.15) is 0 Å². The van der Waals surface area contributed by atoms with E-state index in [4.69, 9.17) is 0 Å². The number of benzene rings is 4. The van der Waals surface area contributed by atoms with E-state index in [1.807, 2.05) is 44.2 Å². The van der Waals surface area contributed by atoms with Crippen LogP contribution in [0.25, 0.3) is 10.8 Å². The molecule has 4 aromatic rings. The Hall–Kier alpha value is -3.60. The average Bonchev–Trinajstić information content (AvgIpc) is 2.79. The first-order valence-electron chi connectivity index (χ1n) is 10.1. The molecule has 0 N–H and O–H groups in total. The Morgan fingerprint density at radius 3 is 1.64 bits per heavy atom. The summed E-state index contributed by atoms with van der Waals surface area (Å²) in [6.07, 6.45) is 0. The van der Waals surface area contributed by atoms with Crippen LogP contribution in [0.1, 0.15) is 16.7 Å². The van der Waals surface area contributed by atoms with Gasteiger partial charge in [-0.1, -0.05) is 71.8 Å². The lowest BCUT2D eigenvalue weighted by atomic mass is 10.1. The molecule has 0 spiro atoms. The summed E-state index contributed by atoms with van der Waals surface area (Å²) < 4.78 is 54.1. The number of fused-ring (bicyclic) bond motifs is 1. The molecular weight excluding hydrogens is 454 g/mol. The molecule has 0 saturated carbocycles. The van der Waals surface area contributed by atoms with Crippen molar-refractivity contribution in [3.63, 3.8) is 0 Å². The minimum Gasteiger partial charge on any atom is -0.199 e. The van der Waals surface area contributed by atoms with Crippen molar-refractivity contribution in [1.82, 2.24) is 3.71 Å². The SMILES string of the molecule is Cc1ccc(S(=O)(=O)N(C#Cc2cccc3ccccc23)S(=O)(=O)c2ccc(C)cc2)cc1. The highest BCUT2D eigenvalue weighted by atomic mass is 32.3. The minimum absolute atomic E-state index is 0.156. The van der Waals surface area contributed by atoms with Crippen LogP contribution in [0.5, 0.6) is 0 Å². The number of sulfonamides is 2. The highest BCUT2D eigenvalue weighted by molar-refractivity contribution is 8.04. The van der Waals surface area contributed by atoms with Crippen LogP contribution in [-0.2, 0) is 20.0 Å². The summed E-state index contributed by atoms with van der Waals surface area (Å²) in [5, 5.41) is 1.71. The molecule has 0 fully saturated rings. The molecule has 0 radical (unpaired) electrons. The maximum atomic E-state index is 13.5. The van der Waals surface area contributed by atoms with Gasteiger partial charge in [-0.3, -0.25) is 0 Å². The Morgan fingerprint density at radius 1 is 0.606 bits per heavy atom. The Labute approximate surface area is 194 Å². The zero-order valence-electron chi connectivity index (χ0n) is 18.1. The van der Waals surface area contributed by atoms with Crippen molar-refractivity contribution in [3.8, 4) is 12.0 Å². The minimum atomic E-state index is -4.49. The lowest BCUT2D eigenvalue weighted by Gasteiger charge is -2.18. The molecule has 0 unspecified atom stereocenters. The monoisotopic (exact) mass is 475 g/mol. The highest BCUT2D eigenvalue weighted by Crippen LogP contribution is 2.25. The summed E-state index contributed by atoms with van der Waals surface area (Å²) in [6, 6.07) is 27.3. The van der Waals surface area contributed by atoms with Gasteiger partial charge in [0.15, 0.2) is 0 Å². The number of rotatable bonds is 4. The van der Waals surface area contributed by atoms with Crippen LogP contribution in [0.2, 0.25) is 0 Å². The van der Waals surface area contributed by atoms with Gasteiger partial charge in [0, 0.05) is 11.6 Å². The Balaban J connectivity index is 1.91. The van der Waals surface area contributed by atoms with Crippen molar-refractivity contribution < 1.29 is 16.8 Å². The van der Waals surface area contributed by atoms with Crippen molar-refractivity contribution in [1.29, 1.82) is 0 Å². The lowest BCUT2D eigenvalue weighted by Crippen LogP contribution is -2.33. The second-order valence-corrected chi connectivity index (χ2v) is 11.4. The van der Waals surface area contributed by atoms with E-state index < -0.39 is 20.0 Å². The van der Waals surface area contributed by atoms with Gasteiger partial charge >= 0.3 is 0 Å².